The van der Waals surface area contributed by atoms with Gasteiger partial charge < -0.3 is 10.1 Å². The van der Waals surface area contributed by atoms with Crippen molar-refractivity contribution in [1.29, 1.82) is 0 Å². The second-order valence-corrected chi connectivity index (χ2v) is 5.02. The smallest absolute Gasteiger partial charge is 0.140 e. The number of hydrogen-bond donors (Lipinski definition) is 1. The fourth-order valence-corrected chi connectivity index (χ4v) is 2.46. The highest BCUT2D eigenvalue weighted by Crippen LogP contribution is 2.18. The van der Waals surface area contributed by atoms with Crippen LogP contribution in [0.1, 0.15) is 38.9 Å². The summed E-state index contributed by atoms with van der Waals surface area (Å²) in [5.74, 6) is 1.76. The Kier molecular flexibility index (Phi) is 5.13. The summed E-state index contributed by atoms with van der Waals surface area (Å²) in [5, 5.41) is 7.82. The summed E-state index contributed by atoms with van der Waals surface area (Å²) in [5.41, 5.74) is 0. The van der Waals surface area contributed by atoms with Gasteiger partial charge in [0.15, 0.2) is 0 Å². The monoisotopic (exact) mass is 252 g/mol. The molecule has 5 heteroatoms. The van der Waals surface area contributed by atoms with Crippen molar-refractivity contribution < 1.29 is 4.74 Å². The van der Waals surface area contributed by atoms with Gasteiger partial charge in [-0.05, 0) is 32.1 Å². The molecule has 1 aromatic heterocycles. The van der Waals surface area contributed by atoms with Crippen molar-refractivity contribution in [1.82, 2.24) is 20.1 Å². The summed E-state index contributed by atoms with van der Waals surface area (Å²) < 4.78 is 7.39. The average molecular weight is 252 g/mol. The zero-order valence-corrected chi connectivity index (χ0v) is 11.4. The maximum Gasteiger partial charge on any atom is 0.140 e. The molecule has 1 atom stereocenters. The average Bonchev–Trinajstić information content (AvgIpc) is 2.85. The normalized spacial score (nSPS) is 19.0. The predicted molar refractivity (Wildman–Crippen MR) is 70.2 cm³/mol. The van der Waals surface area contributed by atoms with Gasteiger partial charge in [0.05, 0.1) is 6.54 Å². The number of nitrogens with zero attached hydrogens (tertiary/aromatic N) is 3. The molecule has 0 radical (unpaired) electrons. The summed E-state index contributed by atoms with van der Waals surface area (Å²) in [6.45, 7) is 7.98. The van der Waals surface area contributed by atoms with Gasteiger partial charge in [-0.3, -0.25) is 0 Å². The number of hydrogen-bond acceptors (Lipinski definition) is 4. The second-order valence-electron chi connectivity index (χ2n) is 5.02. The Bertz CT molecular complexity index is 347. The Morgan fingerprint density at radius 2 is 2.28 bits per heavy atom. The maximum absolute atomic E-state index is 5.40. The summed E-state index contributed by atoms with van der Waals surface area (Å²) in [7, 11) is 0. The Labute approximate surface area is 109 Å². The van der Waals surface area contributed by atoms with Crippen molar-refractivity contribution in [2.45, 2.75) is 52.2 Å². The molecule has 1 aromatic rings. The first kappa shape index (κ1) is 13.5. The van der Waals surface area contributed by atoms with Crippen LogP contribution in [0.25, 0.3) is 0 Å². The molecule has 1 aliphatic rings. The van der Waals surface area contributed by atoms with Crippen molar-refractivity contribution in [2.75, 3.05) is 13.2 Å². The highest BCUT2D eigenvalue weighted by atomic mass is 16.5. The van der Waals surface area contributed by atoms with E-state index in [2.05, 4.69) is 29.2 Å². The highest BCUT2D eigenvalue weighted by Gasteiger charge is 2.20. The van der Waals surface area contributed by atoms with Gasteiger partial charge in [0.2, 0.25) is 0 Å². The molecule has 1 unspecified atom stereocenters. The lowest BCUT2D eigenvalue weighted by molar-refractivity contribution is 0.0556. The summed E-state index contributed by atoms with van der Waals surface area (Å²) in [6.07, 6.45) is 5.06. The van der Waals surface area contributed by atoms with Gasteiger partial charge in [-0.2, -0.15) is 5.10 Å². The van der Waals surface area contributed by atoms with Crippen LogP contribution in [0.15, 0.2) is 6.33 Å². The molecule has 2 heterocycles. The van der Waals surface area contributed by atoms with Gasteiger partial charge in [0.25, 0.3) is 0 Å². The molecule has 2 rings (SSSR count). The van der Waals surface area contributed by atoms with Crippen LogP contribution in [-0.2, 0) is 17.8 Å². The van der Waals surface area contributed by atoms with E-state index in [1.165, 1.54) is 0 Å². The first-order valence-electron chi connectivity index (χ1n) is 6.99. The van der Waals surface area contributed by atoms with Crippen molar-refractivity contribution in [3.63, 3.8) is 0 Å². The van der Waals surface area contributed by atoms with E-state index in [4.69, 9.17) is 4.74 Å². The summed E-state index contributed by atoms with van der Waals surface area (Å²) in [6, 6.07) is 0.515. The van der Waals surface area contributed by atoms with E-state index in [-0.39, 0.29) is 0 Å². The van der Waals surface area contributed by atoms with Crippen LogP contribution < -0.4 is 5.32 Å². The summed E-state index contributed by atoms with van der Waals surface area (Å²) in [4.78, 5) is 4.32. The molecule has 0 spiro atoms. The van der Waals surface area contributed by atoms with E-state index in [1.54, 1.807) is 6.33 Å². The molecule has 5 nitrogen and oxygen atoms in total. The molecule has 1 N–H and O–H groups in total. The number of nitrogens with one attached hydrogen (secondary N) is 1. The van der Waals surface area contributed by atoms with Gasteiger partial charge >= 0.3 is 0 Å². The van der Waals surface area contributed by atoms with Gasteiger partial charge in [-0.25, -0.2) is 9.67 Å². The van der Waals surface area contributed by atoms with E-state index in [0.717, 1.165) is 57.3 Å². The fraction of sp³-hybridized carbons (Fsp3) is 0.846. The van der Waals surface area contributed by atoms with E-state index in [1.807, 2.05) is 4.68 Å². The van der Waals surface area contributed by atoms with Crippen molar-refractivity contribution in [2.24, 2.45) is 5.92 Å². The summed E-state index contributed by atoms with van der Waals surface area (Å²) >= 11 is 0. The minimum absolute atomic E-state index is 0.515. The third-order valence-electron chi connectivity index (χ3n) is 3.69. The van der Waals surface area contributed by atoms with Crippen molar-refractivity contribution in [3.05, 3.63) is 12.2 Å². The second kappa shape index (κ2) is 6.85. The minimum Gasteiger partial charge on any atom is -0.381 e. The van der Waals surface area contributed by atoms with Gasteiger partial charge in [-0.15, -0.1) is 0 Å². The highest BCUT2D eigenvalue weighted by molar-refractivity contribution is 4.86. The molecule has 0 saturated carbocycles. The van der Waals surface area contributed by atoms with Crippen LogP contribution in [-0.4, -0.2) is 34.0 Å². The minimum atomic E-state index is 0.515. The molecular formula is C13H24N4O. The van der Waals surface area contributed by atoms with E-state index in [9.17, 15) is 0 Å². The third kappa shape index (κ3) is 3.53. The van der Waals surface area contributed by atoms with Gasteiger partial charge in [0, 0.05) is 25.8 Å². The zero-order valence-electron chi connectivity index (χ0n) is 11.4. The van der Waals surface area contributed by atoms with Crippen molar-refractivity contribution in [3.8, 4) is 0 Å². The first-order chi connectivity index (χ1) is 8.81. The molecule has 18 heavy (non-hydrogen) atoms. The van der Waals surface area contributed by atoms with E-state index < -0.39 is 0 Å². The number of aryl methyl sites for hydroxylation is 1. The van der Waals surface area contributed by atoms with Crippen LogP contribution in [0.2, 0.25) is 0 Å². The van der Waals surface area contributed by atoms with Gasteiger partial charge in [0.1, 0.15) is 12.2 Å². The molecule has 1 fully saturated rings. The molecule has 1 aliphatic heterocycles. The Morgan fingerprint density at radius 1 is 1.50 bits per heavy atom. The Balaban J connectivity index is 1.80. The lowest BCUT2D eigenvalue weighted by Crippen LogP contribution is -2.36. The lowest BCUT2D eigenvalue weighted by atomic mass is 9.93. The zero-order chi connectivity index (χ0) is 12.8. The topological polar surface area (TPSA) is 52.0 Å². The molecule has 0 aromatic carbocycles. The van der Waals surface area contributed by atoms with E-state index >= 15 is 0 Å². The largest absolute Gasteiger partial charge is 0.381 e. The van der Waals surface area contributed by atoms with Crippen LogP contribution in [0.3, 0.4) is 0 Å². The van der Waals surface area contributed by atoms with Crippen LogP contribution in [0, 0.1) is 5.92 Å². The standard InChI is InChI=1S/C13H24N4O/c1-3-6-17-13(15-10-16-17)9-14-11(2)12-4-7-18-8-5-12/h10-12,14H,3-9H2,1-2H3. The van der Waals surface area contributed by atoms with Crippen LogP contribution in [0.5, 0.6) is 0 Å². The van der Waals surface area contributed by atoms with Gasteiger partial charge in [-0.1, -0.05) is 6.92 Å². The predicted octanol–water partition coefficient (Wildman–Crippen LogP) is 1.59. The quantitative estimate of drug-likeness (QED) is 0.835. The van der Waals surface area contributed by atoms with Crippen molar-refractivity contribution >= 4 is 0 Å². The van der Waals surface area contributed by atoms with Crippen LogP contribution in [0.4, 0.5) is 0 Å². The molecular weight excluding hydrogens is 228 g/mol. The molecule has 1 saturated heterocycles. The molecule has 0 bridgehead atoms. The molecule has 102 valence electrons. The third-order valence-corrected chi connectivity index (χ3v) is 3.69. The first-order valence-corrected chi connectivity index (χ1v) is 6.99. The van der Waals surface area contributed by atoms with E-state index in [0.29, 0.717) is 6.04 Å². The Morgan fingerprint density at radius 3 is 3.00 bits per heavy atom. The fourth-order valence-electron chi connectivity index (χ4n) is 2.46. The Hall–Kier alpha value is -0.940. The number of aromatic nitrogens is 3. The molecule has 0 amide bonds. The maximum atomic E-state index is 5.40. The molecule has 0 aliphatic carbocycles. The number of ether oxygens (including phenoxy) is 1. The lowest BCUT2D eigenvalue weighted by Gasteiger charge is -2.28. The van der Waals surface area contributed by atoms with Crippen LogP contribution >= 0.6 is 0 Å². The number of rotatable bonds is 6. The SMILES string of the molecule is CCCn1ncnc1CNC(C)C1CCOCC1.